The summed E-state index contributed by atoms with van der Waals surface area (Å²) in [4.78, 5) is 21.5. The van der Waals surface area contributed by atoms with Crippen LogP contribution in [0.15, 0.2) is 52.1 Å². The summed E-state index contributed by atoms with van der Waals surface area (Å²) in [6.45, 7) is 13.0. The molecule has 1 aliphatic heterocycles. The number of hydrogen-bond donors (Lipinski definition) is 1. The van der Waals surface area contributed by atoms with Gasteiger partial charge in [-0.15, -0.1) is 0 Å². The Morgan fingerprint density at radius 2 is 1.76 bits per heavy atom. The number of furan rings is 1. The molecule has 0 radical (unpaired) electrons. The number of nitrogens with one attached hydrogen (secondary N) is 1. The summed E-state index contributed by atoms with van der Waals surface area (Å²) in [5.41, 5.74) is 2.51. The molecule has 1 saturated heterocycles. The number of piperazine rings is 1. The van der Waals surface area contributed by atoms with Gasteiger partial charge in [-0.3, -0.25) is 9.79 Å². The first-order chi connectivity index (χ1) is 13.9. The third kappa shape index (κ3) is 5.19. The van der Waals surface area contributed by atoms with Crippen LogP contribution in [0.1, 0.15) is 42.5 Å². The summed E-state index contributed by atoms with van der Waals surface area (Å²) in [5, 5.41) is 3.41. The first kappa shape index (κ1) is 21.0. The Bertz CT molecular complexity index is 817. The van der Waals surface area contributed by atoms with Crippen molar-refractivity contribution in [2.45, 2.75) is 33.1 Å². The second-order valence-electron chi connectivity index (χ2n) is 8.18. The van der Waals surface area contributed by atoms with Gasteiger partial charge in [0.1, 0.15) is 0 Å². The Morgan fingerprint density at radius 3 is 2.34 bits per heavy atom. The Balaban J connectivity index is 1.63. The van der Waals surface area contributed by atoms with Crippen molar-refractivity contribution in [2.75, 3.05) is 39.3 Å². The predicted molar refractivity (Wildman–Crippen MR) is 116 cm³/mol. The fourth-order valence-corrected chi connectivity index (χ4v) is 3.47. The number of aliphatic imine (C=N–C) groups is 1. The Labute approximate surface area is 173 Å². The molecule has 1 N–H and O–H groups in total. The van der Waals surface area contributed by atoms with Crippen molar-refractivity contribution in [1.29, 1.82) is 0 Å². The molecule has 0 aliphatic carbocycles. The van der Waals surface area contributed by atoms with Gasteiger partial charge in [-0.2, -0.15) is 0 Å². The number of guanidine groups is 1. The number of carbonyl (C=O) groups is 1. The third-order valence-corrected chi connectivity index (χ3v) is 5.39. The van der Waals surface area contributed by atoms with Gasteiger partial charge in [0.15, 0.2) is 11.7 Å². The molecule has 2 aromatic rings. The van der Waals surface area contributed by atoms with Crippen LogP contribution in [0.2, 0.25) is 0 Å². The van der Waals surface area contributed by atoms with E-state index in [2.05, 4.69) is 62.2 Å². The molecule has 1 aromatic heterocycles. The van der Waals surface area contributed by atoms with E-state index in [0.29, 0.717) is 25.4 Å². The maximum Gasteiger partial charge on any atom is 0.289 e. The minimum Gasteiger partial charge on any atom is -0.459 e. The molecule has 1 aromatic carbocycles. The molecule has 0 unspecified atom stereocenters. The molecule has 0 bridgehead atoms. The van der Waals surface area contributed by atoms with Gasteiger partial charge in [0.25, 0.3) is 5.91 Å². The summed E-state index contributed by atoms with van der Waals surface area (Å²) >= 11 is 0. The van der Waals surface area contributed by atoms with Crippen LogP contribution in [0.3, 0.4) is 0 Å². The van der Waals surface area contributed by atoms with Crippen molar-refractivity contribution < 1.29 is 9.21 Å². The van der Waals surface area contributed by atoms with Gasteiger partial charge in [-0.25, -0.2) is 0 Å². The van der Waals surface area contributed by atoms with E-state index in [1.807, 2.05) is 4.90 Å². The van der Waals surface area contributed by atoms with Crippen LogP contribution < -0.4 is 5.32 Å². The number of rotatable bonds is 5. The zero-order valence-electron chi connectivity index (χ0n) is 17.9. The summed E-state index contributed by atoms with van der Waals surface area (Å²) in [6.07, 6.45) is 1.54. The molecule has 1 aliphatic rings. The lowest BCUT2D eigenvalue weighted by molar-refractivity contribution is 0.0657. The molecule has 0 saturated carbocycles. The first-order valence-electron chi connectivity index (χ1n) is 10.3. The van der Waals surface area contributed by atoms with Crippen LogP contribution in [0.5, 0.6) is 0 Å². The van der Waals surface area contributed by atoms with Crippen LogP contribution >= 0.6 is 0 Å². The third-order valence-electron chi connectivity index (χ3n) is 5.39. The van der Waals surface area contributed by atoms with E-state index < -0.39 is 0 Å². The molecule has 0 atom stereocenters. The minimum atomic E-state index is -0.0502. The van der Waals surface area contributed by atoms with E-state index in [1.165, 1.54) is 17.4 Å². The molecule has 0 spiro atoms. The van der Waals surface area contributed by atoms with Crippen molar-refractivity contribution in [1.82, 2.24) is 15.1 Å². The maximum atomic E-state index is 12.5. The normalized spacial score (nSPS) is 15.5. The van der Waals surface area contributed by atoms with Gasteiger partial charge in [0.2, 0.25) is 0 Å². The molecular weight excluding hydrogens is 364 g/mol. The van der Waals surface area contributed by atoms with Crippen LogP contribution in [-0.2, 0) is 5.41 Å². The highest BCUT2D eigenvalue weighted by Gasteiger charge is 2.26. The SMILES string of the molecule is CCNC(=NCC(C)(C)c1ccc(C)cc1)N1CCN(C(=O)c2ccco2)CC1. The van der Waals surface area contributed by atoms with Gasteiger partial charge in [0, 0.05) is 38.1 Å². The fourth-order valence-electron chi connectivity index (χ4n) is 3.47. The highest BCUT2D eigenvalue weighted by Crippen LogP contribution is 2.24. The van der Waals surface area contributed by atoms with Gasteiger partial charge in [-0.1, -0.05) is 43.7 Å². The van der Waals surface area contributed by atoms with Crippen LogP contribution in [0, 0.1) is 6.92 Å². The summed E-state index contributed by atoms with van der Waals surface area (Å²) in [6, 6.07) is 12.2. The monoisotopic (exact) mass is 396 g/mol. The highest BCUT2D eigenvalue weighted by atomic mass is 16.3. The van der Waals surface area contributed by atoms with Crippen molar-refractivity contribution in [3.8, 4) is 0 Å². The Morgan fingerprint density at radius 1 is 1.10 bits per heavy atom. The van der Waals surface area contributed by atoms with E-state index in [0.717, 1.165) is 25.6 Å². The van der Waals surface area contributed by atoms with Crippen molar-refractivity contribution in [3.63, 3.8) is 0 Å². The summed E-state index contributed by atoms with van der Waals surface area (Å²) in [5.74, 6) is 1.27. The number of amides is 1. The number of benzene rings is 1. The standard InChI is InChI=1S/C23H32N4O2/c1-5-24-22(25-17-23(3,4)19-10-8-18(2)9-11-19)27-14-12-26(13-15-27)21(28)20-7-6-16-29-20/h6-11,16H,5,12-15,17H2,1-4H3,(H,24,25). The predicted octanol–water partition coefficient (Wildman–Crippen LogP) is 3.29. The quantitative estimate of drug-likeness (QED) is 0.622. The number of hydrogen-bond acceptors (Lipinski definition) is 3. The van der Waals surface area contributed by atoms with Gasteiger partial charge in [-0.05, 0) is 31.5 Å². The lowest BCUT2D eigenvalue weighted by Gasteiger charge is -2.36. The van der Waals surface area contributed by atoms with E-state index in [1.54, 1.807) is 12.1 Å². The summed E-state index contributed by atoms with van der Waals surface area (Å²) in [7, 11) is 0. The minimum absolute atomic E-state index is 0.0444. The lowest BCUT2D eigenvalue weighted by Crippen LogP contribution is -2.54. The Kier molecular flexibility index (Phi) is 6.62. The summed E-state index contributed by atoms with van der Waals surface area (Å²) < 4.78 is 5.25. The smallest absolute Gasteiger partial charge is 0.289 e. The molecule has 3 rings (SSSR count). The van der Waals surface area contributed by atoms with E-state index in [9.17, 15) is 4.79 Å². The first-order valence-corrected chi connectivity index (χ1v) is 10.3. The van der Waals surface area contributed by atoms with Gasteiger partial charge >= 0.3 is 0 Å². The van der Waals surface area contributed by atoms with Crippen LogP contribution in [-0.4, -0.2) is 60.9 Å². The van der Waals surface area contributed by atoms with Gasteiger partial charge < -0.3 is 19.5 Å². The largest absolute Gasteiger partial charge is 0.459 e. The molecule has 6 heteroatoms. The molecule has 1 fully saturated rings. The lowest BCUT2D eigenvalue weighted by atomic mass is 9.84. The molecule has 156 valence electrons. The zero-order chi connectivity index (χ0) is 20.9. The number of carbonyl (C=O) groups excluding carboxylic acids is 1. The van der Waals surface area contributed by atoms with Crippen molar-refractivity contribution in [2.24, 2.45) is 4.99 Å². The van der Waals surface area contributed by atoms with E-state index in [-0.39, 0.29) is 11.3 Å². The maximum absolute atomic E-state index is 12.5. The molecule has 1 amide bonds. The second kappa shape index (κ2) is 9.16. The molecule has 2 heterocycles. The zero-order valence-corrected chi connectivity index (χ0v) is 17.9. The van der Waals surface area contributed by atoms with Crippen LogP contribution in [0.4, 0.5) is 0 Å². The fraction of sp³-hybridized carbons (Fsp3) is 0.478. The Hall–Kier alpha value is -2.76. The van der Waals surface area contributed by atoms with Crippen molar-refractivity contribution >= 4 is 11.9 Å². The topological polar surface area (TPSA) is 61.1 Å². The number of nitrogens with zero attached hydrogens (tertiary/aromatic N) is 3. The highest BCUT2D eigenvalue weighted by molar-refractivity contribution is 5.91. The number of aryl methyl sites for hydroxylation is 1. The average molecular weight is 397 g/mol. The van der Waals surface area contributed by atoms with Crippen LogP contribution in [0.25, 0.3) is 0 Å². The molecular formula is C23H32N4O2. The van der Waals surface area contributed by atoms with E-state index >= 15 is 0 Å². The van der Waals surface area contributed by atoms with Gasteiger partial charge in [0.05, 0.1) is 12.8 Å². The molecule has 29 heavy (non-hydrogen) atoms. The average Bonchev–Trinajstić information content (AvgIpc) is 3.26. The van der Waals surface area contributed by atoms with Crippen molar-refractivity contribution in [3.05, 3.63) is 59.5 Å². The molecule has 6 nitrogen and oxygen atoms in total. The van der Waals surface area contributed by atoms with E-state index in [4.69, 9.17) is 9.41 Å². The second-order valence-corrected chi connectivity index (χ2v) is 8.18.